The molecule has 12 rings (SSSR count). The summed E-state index contributed by atoms with van der Waals surface area (Å²) in [4.78, 5) is 35.1. The molecule has 12 heteroatoms. The van der Waals surface area contributed by atoms with Gasteiger partial charge in [-0.25, -0.2) is 0 Å². The fourth-order valence-electron chi connectivity index (χ4n) is 13.5. The quantitative estimate of drug-likeness (QED) is 0.111. The molecule has 2 saturated heterocycles. The van der Waals surface area contributed by atoms with Crippen molar-refractivity contribution in [1.29, 1.82) is 0 Å². The molecule has 0 saturated carbocycles. The van der Waals surface area contributed by atoms with Gasteiger partial charge in [0.2, 0.25) is 0 Å². The number of aryl methyl sites for hydroxylation is 1. The molecule has 0 radical (unpaired) electrons. The highest BCUT2D eigenvalue weighted by atomic mass is 15.3. The predicted molar refractivity (Wildman–Crippen MR) is 293 cm³/mol. The van der Waals surface area contributed by atoms with Gasteiger partial charge in [0, 0.05) is 139 Å². The molecule has 0 bridgehead atoms. The summed E-state index contributed by atoms with van der Waals surface area (Å²) in [5.74, 6) is 0.313. The molecule has 0 amide bonds. The zero-order chi connectivity index (χ0) is 49.1. The van der Waals surface area contributed by atoms with Crippen LogP contribution in [0.1, 0.15) is 112 Å². The van der Waals surface area contributed by atoms with Crippen LogP contribution in [0.5, 0.6) is 0 Å². The molecule has 1 unspecified atom stereocenters. The summed E-state index contributed by atoms with van der Waals surface area (Å²) in [6.45, 7) is 14.0. The number of anilines is 2. The Balaban J connectivity index is 0.744. The van der Waals surface area contributed by atoms with Crippen LogP contribution in [0, 0.1) is 0 Å². The van der Waals surface area contributed by atoms with E-state index in [2.05, 4.69) is 143 Å². The van der Waals surface area contributed by atoms with Crippen molar-refractivity contribution in [3.8, 4) is 0 Å². The van der Waals surface area contributed by atoms with Gasteiger partial charge in [0.15, 0.2) is 0 Å². The van der Waals surface area contributed by atoms with Gasteiger partial charge in [-0.05, 0) is 159 Å². The molecule has 380 valence electrons. The summed E-state index contributed by atoms with van der Waals surface area (Å²) in [5, 5.41) is 8.02. The van der Waals surface area contributed by atoms with Gasteiger partial charge < -0.3 is 20.4 Å². The van der Waals surface area contributed by atoms with Crippen LogP contribution in [-0.2, 0) is 45.4 Å². The van der Waals surface area contributed by atoms with E-state index in [9.17, 15) is 0 Å². The molecule has 2 fully saturated rings. The Bertz CT molecular complexity index is 2790. The van der Waals surface area contributed by atoms with Gasteiger partial charge in [-0.3, -0.25) is 39.5 Å². The molecular formula is C61H76N12. The van der Waals surface area contributed by atoms with Crippen LogP contribution in [0.3, 0.4) is 0 Å². The second-order valence-electron chi connectivity index (χ2n) is 22.1. The van der Waals surface area contributed by atoms with Crippen molar-refractivity contribution in [2.24, 2.45) is 0 Å². The van der Waals surface area contributed by atoms with Crippen molar-refractivity contribution in [1.82, 2.24) is 50.2 Å². The van der Waals surface area contributed by atoms with Crippen LogP contribution in [0.2, 0.25) is 0 Å². The highest BCUT2D eigenvalue weighted by Crippen LogP contribution is 2.45. The van der Waals surface area contributed by atoms with E-state index >= 15 is 0 Å². The average molecular weight is 977 g/mol. The molecule has 8 heterocycles. The highest BCUT2D eigenvalue weighted by molar-refractivity contribution is 5.62. The SMILES string of the molecule is CN(CC[C@H]1Cc2c(cc(C3CC[C@H](N(C)C[C@@H]4Cc5c(cccc5N5CCN(Cc6ccccn6)CC5)CN4)c4ncccc43)cc2N2CCN(Cc3ccccn3)CC2)CN1)[C@H]1CCCc2cccnc21. The molecule has 73 heavy (non-hydrogen) atoms. The Kier molecular flexibility index (Phi) is 14.6. The fraction of sp³-hybridized carbons (Fsp3) is 0.475. The summed E-state index contributed by atoms with van der Waals surface area (Å²) in [5.41, 5.74) is 18.1. The Morgan fingerprint density at radius 3 is 1.92 bits per heavy atom. The monoisotopic (exact) mass is 977 g/mol. The van der Waals surface area contributed by atoms with E-state index in [0.717, 1.165) is 142 Å². The Hall–Kier alpha value is -5.60. The number of hydrogen-bond donors (Lipinski definition) is 2. The van der Waals surface area contributed by atoms with Gasteiger partial charge in [0.25, 0.3) is 0 Å². The first-order chi connectivity index (χ1) is 36.0. The minimum Gasteiger partial charge on any atom is -0.369 e. The molecule has 2 aromatic carbocycles. The molecule has 0 spiro atoms. The zero-order valence-electron chi connectivity index (χ0n) is 43.4. The van der Waals surface area contributed by atoms with Gasteiger partial charge in [-0.2, -0.15) is 0 Å². The van der Waals surface area contributed by atoms with E-state index in [0.29, 0.717) is 24.0 Å². The molecule has 6 aromatic rings. The van der Waals surface area contributed by atoms with Crippen molar-refractivity contribution in [3.05, 3.63) is 178 Å². The maximum absolute atomic E-state index is 5.25. The summed E-state index contributed by atoms with van der Waals surface area (Å²) < 4.78 is 0. The first kappa shape index (κ1) is 48.3. The lowest BCUT2D eigenvalue weighted by atomic mass is 9.77. The van der Waals surface area contributed by atoms with Gasteiger partial charge in [0.05, 0.1) is 34.9 Å². The largest absolute Gasteiger partial charge is 0.369 e. The molecule has 2 N–H and O–H groups in total. The number of aromatic nitrogens is 4. The highest BCUT2D eigenvalue weighted by Gasteiger charge is 2.36. The minimum absolute atomic E-state index is 0.278. The maximum atomic E-state index is 5.25. The van der Waals surface area contributed by atoms with E-state index in [1.165, 1.54) is 69.0 Å². The summed E-state index contributed by atoms with van der Waals surface area (Å²) >= 11 is 0. The third kappa shape index (κ3) is 10.7. The number of hydrogen-bond acceptors (Lipinski definition) is 12. The van der Waals surface area contributed by atoms with Gasteiger partial charge in [-0.1, -0.05) is 42.5 Å². The third-order valence-electron chi connectivity index (χ3n) is 17.6. The second-order valence-corrected chi connectivity index (χ2v) is 22.1. The Morgan fingerprint density at radius 2 is 1.18 bits per heavy atom. The van der Waals surface area contributed by atoms with Crippen molar-refractivity contribution in [3.63, 3.8) is 0 Å². The number of piperazine rings is 2. The first-order valence-electron chi connectivity index (χ1n) is 27.7. The number of likely N-dealkylation sites (N-methyl/N-ethyl adjacent to an activating group) is 1. The zero-order valence-corrected chi connectivity index (χ0v) is 43.4. The van der Waals surface area contributed by atoms with Gasteiger partial charge in [-0.15, -0.1) is 0 Å². The summed E-state index contributed by atoms with van der Waals surface area (Å²) in [6, 6.07) is 35.2. The smallest absolute Gasteiger partial charge is 0.0613 e. The standard InChI is InChI=1S/C61H76N12/c1-68(57-18-7-11-44-13-9-24-64-60(44)57)26-21-48-37-55-47(40-66-48)35-46(36-59(55)73-33-29-71(30-34-73)43-50-15-4-6-23-63-50)52-19-20-58(61-53(52)16-10-25-65-61)69(2)41-51-38-54-45(39-67-51)12-8-17-56(54)72-31-27-70(28-32-72)42-49-14-3-5-22-62-49/h3-6,8-10,12-17,22-25,35-36,48,51-52,57-58,66-67H,7,11,18-21,26-34,37-43H2,1-2H3/t48-,51-,52?,57-,58-/m0/s1. The number of rotatable bonds is 14. The van der Waals surface area contributed by atoms with Crippen molar-refractivity contribution in [2.45, 2.75) is 108 Å². The van der Waals surface area contributed by atoms with E-state index < -0.39 is 0 Å². The molecule has 4 aliphatic heterocycles. The molecule has 4 aromatic heterocycles. The predicted octanol–water partition coefficient (Wildman–Crippen LogP) is 7.94. The number of nitrogens with one attached hydrogen (secondary N) is 2. The van der Waals surface area contributed by atoms with Crippen LogP contribution in [0.25, 0.3) is 0 Å². The van der Waals surface area contributed by atoms with E-state index in [1.54, 1.807) is 5.56 Å². The second kappa shape index (κ2) is 22.1. The fourth-order valence-corrected chi connectivity index (χ4v) is 13.5. The molecule has 12 nitrogen and oxygen atoms in total. The van der Waals surface area contributed by atoms with Crippen LogP contribution >= 0.6 is 0 Å². The van der Waals surface area contributed by atoms with Crippen molar-refractivity contribution in [2.75, 3.05) is 89.3 Å². The number of benzene rings is 2. The maximum Gasteiger partial charge on any atom is 0.0613 e. The van der Waals surface area contributed by atoms with Crippen LogP contribution in [-0.4, -0.2) is 131 Å². The topological polar surface area (TPSA) is 95.1 Å². The molecule has 2 aliphatic carbocycles. The normalized spacial score (nSPS) is 23.5. The molecule has 5 atom stereocenters. The number of nitrogens with zero attached hydrogens (tertiary/aromatic N) is 10. The number of fused-ring (bicyclic) bond motifs is 4. The Morgan fingerprint density at radius 1 is 0.548 bits per heavy atom. The van der Waals surface area contributed by atoms with E-state index in [4.69, 9.17) is 9.97 Å². The lowest BCUT2D eigenvalue weighted by Crippen LogP contribution is -2.48. The van der Waals surface area contributed by atoms with Crippen LogP contribution in [0.15, 0.2) is 116 Å². The number of pyridine rings is 4. The average Bonchev–Trinajstić information content (AvgIpc) is 3.44. The van der Waals surface area contributed by atoms with Crippen molar-refractivity contribution >= 4 is 11.4 Å². The van der Waals surface area contributed by atoms with E-state index in [1.807, 2.05) is 36.9 Å². The molecule has 6 aliphatic rings. The lowest BCUT2D eigenvalue weighted by molar-refractivity contribution is 0.187. The summed E-state index contributed by atoms with van der Waals surface area (Å²) in [6.07, 6.45) is 16.9. The van der Waals surface area contributed by atoms with Gasteiger partial charge >= 0.3 is 0 Å². The van der Waals surface area contributed by atoms with Crippen LogP contribution in [0.4, 0.5) is 11.4 Å². The van der Waals surface area contributed by atoms with Gasteiger partial charge in [0.1, 0.15) is 0 Å². The first-order valence-corrected chi connectivity index (χ1v) is 27.7. The summed E-state index contributed by atoms with van der Waals surface area (Å²) in [7, 11) is 4.67. The van der Waals surface area contributed by atoms with Crippen LogP contribution < -0.4 is 20.4 Å². The lowest BCUT2D eigenvalue weighted by Gasteiger charge is -2.41. The van der Waals surface area contributed by atoms with E-state index in [-0.39, 0.29) is 6.04 Å². The Labute approximate surface area is 434 Å². The third-order valence-corrected chi connectivity index (χ3v) is 17.6. The van der Waals surface area contributed by atoms with Crippen molar-refractivity contribution < 1.29 is 0 Å². The minimum atomic E-state index is 0.278. The molecular weight excluding hydrogens is 901 g/mol.